The van der Waals surface area contributed by atoms with Gasteiger partial charge in [-0.25, -0.2) is 0 Å². The number of hydrogen-bond acceptors (Lipinski definition) is 2. The van der Waals surface area contributed by atoms with Crippen LogP contribution in [0.4, 0.5) is 0 Å². The molecule has 0 aromatic heterocycles. The highest BCUT2D eigenvalue weighted by Gasteiger charge is 2.32. The lowest BCUT2D eigenvalue weighted by Crippen LogP contribution is -2.20. The molecule has 92 valence electrons. The molecule has 0 spiro atoms. The van der Waals surface area contributed by atoms with Gasteiger partial charge in [-0.15, -0.1) is 11.6 Å². The maximum atomic E-state index is 11.8. The molecule has 0 saturated heterocycles. The summed E-state index contributed by atoms with van der Waals surface area (Å²) in [5.41, 5.74) is 1.28. The molecule has 0 amide bonds. The molecular formula is C12H14ClNO2S. The van der Waals surface area contributed by atoms with E-state index in [1.165, 1.54) is 0 Å². The Hall–Kier alpha value is -0.870. The van der Waals surface area contributed by atoms with Crippen molar-refractivity contribution in [2.45, 2.75) is 30.5 Å². The predicted molar refractivity (Wildman–Crippen MR) is 69.3 cm³/mol. The Morgan fingerprint density at radius 1 is 1.35 bits per heavy atom. The van der Waals surface area contributed by atoms with Gasteiger partial charge in [0.25, 0.3) is 10.0 Å². The van der Waals surface area contributed by atoms with Crippen molar-refractivity contribution in [1.82, 2.24) is 0 Å². The van der Waals surface area contributed by atoms with Gasteiger partial charge < -0.3 is 0 Å². The zero-order valence-electron chi connectivity index (χ0n) is 9.72. The largest absolute Gasteiger partial charge is 0.283 e. The van der Waals surface area contributed by atoms with Crippen molar-refractivity contribution in [3.8, 4) is 0 Å². The molecule has 0 fully saturated rings. The molecular weight excluding hydrogens is 258 g/mol. The first-order chi connectivity index (χ1) is 7.97. The highest BCUT2D eigenvalue weighted by Crippen LogP contribution is 2.31. The van der Waals surface area contributed by atoms with E-state index in [1.54, 1.807) is 18.2 Å². The lowest BCUT2D eigenvalue weighted by Gasteiger charge is -2.16. The minimum atomic E-state index is -3.51. The average molecular weight is 272 g/mol. The Balaban J connectivity index is 2.52. The molecule has 5 heteroatoms. The Morgan fingerprint density at radius 3 is 2.65 bits per heavy atom. The van der Waals surface area contributed by atoms with E-state index in [0.29, 0.717) is 16.2 Å². The van der Waals surface area contributed by atoms with Crippen molar-refractivity contribution in [2.75, 3.05) is 0 Å². The summed E-state index contributed by atoms with van der Waals surface area (Å²) in [6.45, 7) is 3.89. The number of halogens is 1. The summed E-state index contributed by atoms with van der Waals surface area (Å²) in [4.78, 5) is 0.293. The smallest absolute Gasteiger partial charge is 0.199 e. The third-order valence-corrected chi connectivity index (χ3v) is 5.06. The van der Waals surface area contributed by atoms with Crippen LogP contribution in [-0.4, -0.2) is 19.5 Å². The normalized spacial score (nSPS) is 20.5. The van der Waals surface area contributed by atoms with Crippen LogP contribution in [0.3, 0.4) is 0 Å². The van der Waals surface area contributed by atoms with E-state index in [2.05, 4.69) is 4.40 Å². The predicted octanol–water partition coefficient (Wildman–Crippen LogP) is 2.83. The van der Waals surface area contributed by atoms with Gasteiger partial charge in [-0.2, -0.15) is 12.8 Å². The second-order valence-electron chi connectivity index (χ2n) is 4.16. The van der Waals surface area contributed by atoms with Crippen LogP contribution in [0.5, 0.6) is 0 Å². The van der Waals surface area contributed by atoms with Crippen LogP contribution in [0.1, 0.15) is 25.8 Å². The van der Waals surface area contributed by atoms with Gasteiger partial charge in [0.15, 0.2) is 0 Å². The standard InChI is InChI=1S/C12H14ClNO2S/c1-3-10(13)8(2)12-9-6-4-5-7-11(9)17(15,16)14-12/h4-8,10H,3H2,1-2H3. The van der Waals surface area contributed by atoms with Gasteiger partial charge in [-0.1, -0.05) is 32.0 Å². The summed E-state index contributed by atoms with van der Waals surface area (Å²) in [5.74, 6) is -0.0694. The second kappa shape index (κ2) is 4.42. The number of nitrogens with zero attached hydrogens (tertiary/aromatic N) is 1. The lowest BCUT2D eigenvalue weighted by molar-refractivity contribution is 0.599. The number of benzene rings is 1. The van der Waals surface area contributed by atoms with Crippen LogP contribution in [0.25, 0.3) is 0 Å². The quantitative estimate of drug-likeness (QED) is 0.794. The number of alkyl halides is 1. The van der Waals surface area contributed by atoms with E-state index in [1.807, 2.05) is 19.9 Å². The minimum Gasteiger partial charge on any atom is -0.199 e. The molecule has 1 heterocycles. The molecule has 0 N–H and O–H groups in total. The van der Waals surface area contributed by atoms with Gasteiger partial charge in [-0.05, 0) is 12.5 Å². The van der Waals surface area contributed by atoms with Gasteiger partial charge in [0, 0.05) is 16.9 Å². The number of fused-ring (bicyclic) bond motifs is 1. The fraction of sp³-hybridized carbons (Fsp3) is 0.417. The number of rotatable bonds is 3. The van der Waals surface area contributed by atoms with Crippen molar-refractivity contribution in [1.29, 1.82) is 0 Å². The monoisotopic (exact) mass is 271 g/mol. The average Bonchev–Trinajstić information content (AvgIpc) is 2.60. The summed E-state index contributed by atoms with van der Waals surface area (Å²) in [6, 6.07) is 6.90. The van der Waals surface area contributed by atoms with Crippen LogP contribution < -0.4 is 0 Å². The lowest BCUT2D eigenvalue weighted by atomic mass is 9.94. The van der Waals surface area contributed by atoms with E-state index in [4.69, 9.17) is 11.6 Å². The Morgan fingerprint density at radius 2 is 2.00 bits per heavy atom. The van der Waals surface area contributed by atoms with Crippen LogP contribution in [0, 0.1) is 5.92 Å². The summed E-state index contributed by atoms with van der Waals surface area (Å²) < 4.78 is 27.6. The van der Waals surface area contributed by atoms with Gasteiger partial charge in [0.05, 0.1) is 10.6 Å². The number of sulfonamides is 1. The van der Waals surface area contributed by atoms with Crippen LogP contribution in [0.2, 0.25) is 0 Å². The van der Waals surface area contributed by atoms with Gasteiger partial charge in [0.2, 0.25) is 0 Å². The molecule has 2 atom stereocenters. The zero-order valence-corrected chi connectivity index (χ0v) is 11.3. The molecule has 0 radical (unpaired) electrons. The van der Waals surface area contributed by atoms with Crippen LogP contribution in [0.15, 0.2) is 33.6 Å². The maximum Gasteiger partial charge on any atom is 0.283 e. The van der Waals surface area contributed by atoms with Crippen molar-refractivity contribution >= 4 is 27.3 Å². The van der Waals surface area contributed by atoms with Crippen LogP contribution >= 0.6 is 11.6 Å². The second-order valence-corrected chi connectivity index (χ2v) is 6.29. The SMILES string of the molecule is CCC(Cl)C(C)C1=NS(=O)(=O)c2ccccc21. The fourth-order valence-electron chi connectivity index (χ4n) is 1.98. The Kier molecular flexibility index (Phi) is 3.27. The third-order valence-electron chi connectivity index (χ3n) is 3.02. The zero-order chi connectivity index (χ0) is 12.6. The molecule has 17 heavy (non-hydrogen) atoms. The van der Waals surface area contributed by atoms with Crippen molar-refractivity contribution in [3.05, 3.63) is 29.8 Å². The summed E-state index contributed by atoms with van der Waals surface area (Å²) in [5, 5.41) is -0.102. The minimum absolute atomic E-state index is 0.0694. The first-order valence-electron chi connectivity index (χ1n) is 5.55. The first kappa shape index (κ1) is 12.6. The highest BCUT2D eigenvalue weighted by molar-refractivity contribution is 7.90. The van der Waals surface area contributed by atoms with E-state index in [9.17, 15) is 8.42 Å². The molecule has 1 aromatic carbocycles. The summed E-state index contributed by atoms with van der Waals surface area (Å²) in [7, 11) is -3.51. The van der Waals surface area contributed by atoms with Gasteiger partial charge in [0.1, 0.15) is 0 Å². The van der Waals surface area contributed by atoms with E-state index in [-0.39, 0.29) is 11.3 Å². The van der Waals surface area contributed by atoms with E-state index >= 15 is 0 Å². The third kappa shape index (κ3) is 2.11. The molecule has 0 bridgehead atoms. The maximum absolute atomic E-state index is 11.8. The molecule has 0 saturated carbocycles. The Labute approximate surface area is 107 Å². The van der Waals surface area contributed by atoms with Gasteiger partial charge in [-0.3, -0.25) is 0 Å². The molecule has 2 rings (SSSR count). The molecule has 1 aliphatic rings. The van der Waals surface area contributed by atoms with E-state index in [0.717, 1.165) is 6.42 Å². The highest BCUT2D eigenvalue weighted by atomic mass is 35.5. The van der Waals surface area contributed by atoms with Crippen molar-refractivity contribution in [2.24, 2.45) is 10.3 Å². The van der Waals surface area contributed by atoms with Gasteiger partial charge >= 0.3 is 0 Å². The molecule has 0 aliphatic carbocycles. The summed E-state index contributed by atoms with van der Waals surface area (Å²) >= 11 is 6.18. The summed E-state index contributed by atoms with van der Waals surface area (Å²) in [6.07, 6.45) is 0.782. The number of hydrogen-bond donors (Lipinski definition) is 0. The van der Waals surface area contributed by atoms with Crippen LogP contribution in [-0.2, 0) is 10.0 Å². The van der Waals surface area contributed by atoms with Crippen molar-refractivity contribution in [3.63, 3.8) is 0 Å². The Bertz CT molecular complexity index is 566. The molecule has 1 aromatic rings. The van der Waals surface area contributed by atoms with E-state index < -0.39 is 10.0 Å². The first-order valence-corrected chi connectivity index (χ1v) is 7.43. The van der Waals surface area contributed by atoms with Crippen molar-refractivity contribution < 1.29 is 8.42 Å². The topological polar surface area (TPSA) is 46.5 Å². The molecule has 1 aliphatic heterocycles. The fourth-order valence-corrected chi connectivity index (χ4v) is 3.43. The molecule has 3 nitrogen and oxygen atoms in total. The molecule has 2 unspecified atom stereocenters.